The summed E-state index contributed by atoms with van der Waals surface area (Å²) < 4.78 is 0. The quantitative estimate of drug-likeness (QED) is 0.689. The van der Waals surface area contributed by atoms with Crippen molar-refractivity contribution in [2.75, 3.05) is 4.90 Å². The van der Waals surface area contributed by atoms with E-state index in [1.54, 1.807) is 24.3 Å². The Balaban J connectivity index is 1.72. The lowest BCUT2D eigenvalue weighted by atomic mass is 10.1. The van der Waals surface area contributed by atoms with Crippen LogP contribution in [-0.2, 0) is 9.59 Å². The van der Waals surface area contributed by atoms with E-state index in [4.69, 9.17) is 0 Å². The molecule has 1 saturated heterocycles. The zero-order valence-electron chi connectivity index (χ0n) is 13.2. The van der Waals surface area contributed by atoms with E-state index in [0.717, 1.165) is 25.7 Å². The Hall–Kier alpha value is -2.17. The fourth-order valence-corrected chi connectivity index (χ4v) is 3.34. The predicted molar refractivity (Wildman–Crippen MR) is 87.1 cm³/mol. The summed E-state index contributed by atoms with van der Waals surface area (Å²) in [5, 5.41) is 3.09. The third kappa shape index (κ3) is 3.60. The van der Waals surface area contributed by atoms with Gasteiger partial charge in [0.1, 0.15) is 0 Å². The number of nitrogens with one attached hydrogen (secondary N) is 1. The average molecular weight is 314 g/mol. The number of benzene rings is 1. The van der Waals surface area contributed by atoms with Crippen LogP contribution in [0.1, 0.15) is 61.7 Å². The fraction of sp³-hybridized carbons (Fsp3) is 0.500. The van der Waals surface area contributed by atoms with Crippen LogP contribution in [0.25, 0.3) is 0 Å². The minimum Gasteiger partial charge on any atom is -0.349 e. The second kappa shape index (κ2) is 6.94. The van der Waals surface area contributed by atoms with Crippen molar-refractivity contribution in [3.63, 3.8) is 0 Å². The minimum absolute atomic E-state index is 0.127. The van der Waals surface area contributed by atoms with Crippen LogP contribution in [0.15, 0.2) is 24.3 Å². The highest BCUT2D eigenvalue weighted by molar-refractivity contribution is 6.20. The third-order valence-electron chi connectivity index (χ3n) is 4.61. The number of imide groups is 1. The Kier molecular flexibility index (Phi) is 4.74. The molecule has 0 radical (unpaired) electrons. The van der Waals surface area contributed by atoms with Crippen molar-refractivity contribution in [2.24, 2.45) is 0 Å². The van der Waals surface area contributed by atoms with Crippen LogP contribution in [0.2, 0.25) is 0 Å². The van der Waals surface area contributed by atoms with E-state index in [0.29, 0.717) is 11.3 Å². The molecule has 122 valence electrons. The van der Waals surface area contributed by atoms with E-state index >= 15 is 0 Å². The maximum absolute atomic E-state index is 12.5. The molecule has 5 heteroatoms. The van der Waals surface area contributed by atoms with Crippen molar-refractivity contribution in [1.29, 1.82) is 0 Å². The van der Waals surface area contributed by atoms with Gasteiger partial charge in [0.15, 0.2) is 0 Å². The first-order valence-corrected chi connectivity index (χ1v) is 8.42. The molecular formula is C18H22N2O3. The monoisotopic (exact) mass is 314 g/mol. The normalized spacial score (nSPS) is 19.7. The number of carbonyl (C=O) groups excluding carboxylic acids is 3. The molecule has 3 amide bonds. The highest BCUT2D eigenvalue weighted by Crippen LogP contribution is 2.24. The highest BCUT2D eigenvalue weighted by Gasteiger charge is 2.30. The standard InChI is InChI=1S/C18H22N2O3/c21-16-10-11-17(22)20(16)15-9-5-6-13(12-15)18(23)19-14-7-3-1-2-4-8-14/h5-6,9,12,14H,1-4,7-8,10-11H2,(H,19,23). The van der Waals surface area contributed by atoms with Crippen LogP contribution in [0.4, 0.5) is 5.69 Å². The molecule has 1 aliphatic carbocycles. The second-order valence-corrected chi connectivity index (χ2v) is 6.34. The molecule has 3 rings (SSSR count). The zero-order valence-corrected chi connectivity index (χ0v) is 13.2. The molecule has 0 unspecified atom stereocenters. The summed E-state index contributed by atoms with van der Waals surface area (Å²) >= 11 is 0. The number of nitrogens with zero attached hydrogens (tertiary/aromatic N) is 1. The Labute approximate surface area is 136 Å². The molecule has 2 aliphatic rings. The number of carbonyl (C=O) groups is 3. The summed E-state index contributed by atoms with van der Waals surface area (Å²) in [5.41, 5.74) is 0.991. The Morgan fingerprint density at radius 3 is 2.30 bits per heavy atom. The number of amides is 3. The maximum Gasteiger partial charge on any atom is 0.251 e. The van der Waals surface area contributed by atoms with Gasteiger partial charge < -0.3 is 5.32 Å². The highest BCUT2D eigenvalue weighted by atomic mass is 16.2. The Morgan fingerprint density at radius 1 is 1.00 bits per heavy atom. The summed E-state index contributed by atoms with van der Waals surface area (Å²) in [6.45, 7) is 0. The molecular weight excluding hydrogens is 292 g/mol. The van der Waals surface area contributed by atoms with Crippen molar-refractivity contribution in [3.8, 4) is 0 Å². The molecule has 1 aromatic carbocycles. The number of hydrogen-bond donors (Lipinski definition) is 1. The molecule has 0 spiro atoms. The predicted octanol–water partition coefficient (Wildman–Crippen LogP) is 2.79. The lowest BCUT2D eigenvalue weighted by Crippen LogP contribution is -2.34. The van der Waals surface area contributed by atoms with Crippen molar-refractivity contribution in [1.82, 2.24) is 5.32 Å². The SMILES string of the molecule is O=C(NC1CCCCCC1)c1cccc(N2C(=O)CCC2=O)c1. The van der Waals surface area contributed by atoms with Crippen LogP contribution >= 0.6 is 0 Å². The summed E-state index contributed by atoms with van der Waals surface area (Å²) in [4.78, 5) is 37.3. The van der Waals surface area contributed by atoms with Crippen LogP contribution < -0.4 is 10.2 Å². The Bertz CT molecular complexity index is 602. The first-order chi connectivity index (χ1) is 11.1. The summed E-state index contributed by atoms with van der Waals surface area (Å²) in [6, 6.07) is 7.00. The van der Waals surface area contributed by atoms with Gasteiger partial charge in [-0.2, -0.15) is 0 Å². The molecule has 1 aromatic rings. The molecule has 0 atom stereocenters. The van der Waals surface area contributed by atoms with Crippen LogP contribution in [0.3, 0.4) is 0 Å². The molecule has 1 N–H and O–H groups in total. The lowest BCUT2D eigenvalue weighted by molar-refractivity contribution is -0.121. The van der Waals surface area contributed by atoms with Gasteiger partial charge in [-0.15, -0.1) is 0 Å². The lowest BCUT2D eigenvalue weighted by Gasteiger charge is -2.18. The van der Waals surface area contributed by atoms with Gasteiger partial charge in [0, 0.05) is 24.4 Å². The molecule has 23 heavy (non-hydrogen) atoms. The number of hydrogen-bond acceptors (Lipinski definition) is 3. The van der Waals surface area contributed by atoms with E-state index in [-0.39, 0.29) is 36.6 Å². The van der Waals surface area contributed by atoms with Gasteiger partial charge in [0.05, 0.1) is 5.69 Å². The summed E-state index contributed by atoms with van der Waals surface area (Å²) in [7, 11) is 0. The smallest absolute Gasteiger partial charge is 0.251 e. The molecule has 1 heterocycles. The van der Waals surface area contributed by atoms with Gasteiger partial charge >= 0.3 is 0 Å². The Morgan fingerprint density at radius 2 is 1.65 bits per heavy atom. The number of anilines is 1. The summed E-state index contributed by atoms with van der Waals surface area (Å²) in [5.74, 6) is -0.523. The second-order valence-electron chi connectivity index (χ2n) is 6.34. The van der Waals surface area contributed by atoms with E-state index in [1.165, 1.54) is 17.7 Å². The minimum atomic E-state index is -0.198. The molecule has 1 saturated carbocycles. The van der Waals surface area contributed by atoms with E-state index in [2.05, 4.69) is 5.32 Å². The molecule has 2 fully saturated rings. The van der Waals surface area contributed by atoms with Crippen LogP contribution in [0, 0.1) is 0 Å². The molecule has 0 bridgehead atoms. The van der Waals surface area contributed by atoms with E-state index in [1.807, 2.05) is 0 Å². The summed E-state index contributed by atoms with van der Waals surface area (Å²) in [6.07, 6.45) is 7.32. The van der Waals surface area contributed by atoms with E-state index < -0.39 is 0 Å². The van der Waals surface area contributed by atoms with Gasteiger partial charge in [0.2, 0.25) is 11.8 Å². The topological polar surface area (TPSA) is 66.5 Å². The average Bonchev–Trinajstić information content (AvgIpc) is 2.75. The van der Waals surface area contributed by atoms with Gasteiger partial charge in [-0.25, -0.2) is 0 Å². The van der Waals surface area contributed by atoms with Crippen LogP contribution in [0.5, 0.6) is 0 Å². The van der Waals surface area contributed by atoms with Crippen molar-refractivity contribution >= 4 is 23.4 Å². The first-order valence-electron chi connectivity index (χ1n) is 8.42. The van der Waals surface area contributed by atoms with Gasteiger partial charge in [0.25, 0.3) is 5.91 Å². The largest absolute Gasteiger partial charge is 0.349 e. The zero-order chi connectivity index (χ0) is 16.2. The van der Waals surface area contributed by atoms with Crippen molar-refractivity contribution < 1.29 is 14.4 Å². The van der Waals surface area contributed by atoms with Crippen molar-refractivity contribution in [2.45, 2.75) is 57.4 Å². The van der Waals surface area contributed by atoms with Gasteiger partial charge in [-0.1, -0.05) is 31.7 Å². The van der Waals surface area contributed by atoms with E-state index in [9.17, 15) is 14.4 Å². The third-order valence-corrected chi connectivity index (χ3v) is 4.61. The maximum atomic E-state index is 12.5. The number of rotatable bonds is 3. The van der Waals surface area contributed by atoms with Crippen LogP contribution in [-0.4, -0.2) is 23.8 Å². The van der Waals surface area contributed by atoms with Crippen molar-refractivity contribution in [3.05, 3.63) is 29.8 Å². The molecule has 5 nitrogen and oxygen atoms in total. The molecule has 1 aliphatic heterocycles. The fourth-order valence-electron chi connectivity index (χ4n) is 3.34. The van der Waals surface area contributed by atoms with Gasteiger partial charge in [-0.3, -0.25) is 19.3 Å². The van der Waals surface area contributed by atoms with Gasteiger partial charge in [-0.05, 0) is 31.0 Å². The first kappa shape index (κ1) is 15.7. The molecule has 0 aromatic heterocycles.